The van der Waals surface area contributed by atoms with Gasteiger partial charge in [0.25, 0.3) is 8.32 Å². The average Bonchev–Trinajstić information content (AvgIpc) is 2.81. The standard InChI is InChI=1S/C28H36O7Si/c1-19(24-17-25(33-20(2)29)26(27(31)35-24)34-21(3)30)18-32-36(28(4,5)6,22-13-9-7-10-14-22)23-15-11-8-12-16-23/h7-16,19,24-26H,17-18H2,1-6H3/t19-,24-,25+,26-/m1/s1. The van der Waals surface area contributed by atoms with Crippen LogP contribution in [0.15, 0.2) is 60.7 Å². The predicted octanol–water partition coefficient (Wildman–Crippen LogP) is 3.38. The minimum absolute atomic E-state index is 0.195. The highest BCUT2D eigenvalue weighted by Crippen LogP contribution is 2.37. The largest absolute Gasteiger partial charge is 0.459 e. The zero-order chi connectivity index (χ0) is 26.5. The quantitative estimate of drug-likeness (QED) is 0.304. The lowest BCUT2D eigenvalue weighted by atomic mass is 9.94. The van der Waals surface area contributed by atoms with Crippen molar-refractivity contribution in [2.24, 2.45) is 5.92 Å². The summed E-state index contributed by atoms with van der Waals surface area (Å²) >= 11 is 0. The fourth-order valence-corrected chi connectivity index (χ4v) is 9.54. The van der Waals surface area contributed by atoms with Crippen molar-refractivity contribution in [2.75, 3.05) is 6.61 Å². The van der Waals surface area contributed by atoms with Crippen molar-refractivity contribution in [1.82, 2.24) is 0 Å². The van der Waals surface area contributed by atoms with Gasteiger partial charge in [0.05, 0.1) is 0 Å². The number of esters is 3. The first-order chi connectivity index (χ1) is 17.0. The summed E-state index contributed by atoms with van der Waals surface area (Å²) in [5, 5.41) is 2.12. The molecule has 8 heteroatoms. The van der Waals surface area contributed by atoms with Gasteiger partial charge in [-0.05, 0) is 15.4 Å². The molecule has 0 spiro atoms. The number of rotatable bonds is 8. The van der Waals surface area contributed by atoms with Crippen LogP contribution in [0.5, 0.6) is 0 Å². The third-order valence-electron chi connectivity index (χ3n) is 6.53. The fraction of sp³-hybridized carbons (Fsp3) is 0.464. The van der Waals surface area contributed by atoms with E-state index in [4.69, 9.17) is 18.6 Å². The maximum atomic E-state index is 12.7. The normalized spacial score (nSPS) is 21.3. The Morgan fingerprint density at radius 1 is 0.944 bits per heavy atom. The van der Waals surface area contributed by atoms with E-state index in [1.54, 1.807) is 0 Å². The maximum absolute atomic E-state index is 12.7. The SMILES string of the molecule is CC(=O)O[C@H]1C[C@H]([C@H](C)CO[Si](c2ccccc2)(c2ccccc2)C(C)(C)C)OC(=O)[C@@H]1OC(C)=O. The molecule has 1 aliphatic rings. The minimum atomic E-state index is -2.77. The molecule has 2 aromatic carbocycles. The lowest BCUT2D eigenvalue weighted by Crippen LogP contribution is -2.67. The molecule has 36 heavy (non-hydrogen) atoms. The molecule has 1 saturated heterocycles. The highest BCUT2D eigenvalue weighted by Gasteiger charge is 2.51. The number of benzene rings is 2. The van der Waals surface area contributed by atoms with E-state index in [0.717, 1.165) is 10.4 Å². The van der Waals surface area contributed by atoms with E-state index in [-0.39, 0.29) is 17.4 Å². The Kier molecular flexibility index (Phi) is 8.74. The Balaban J connectivity index is 1.89. The first-order valence-electron chi connectivity index (χ1n) is 12.3. The molecule has 1 aliphatic heterocycles. The molecule has 4 atom stereocenters. The molecule has 0 unspecified atom stereocenters. The van der Waals surface area contributed by atoms with Crippen LogP contribution in [0.4, 0.5) is 0 Å². The lowest BCUT2D eigenvalue weighted by Gasteiger charge is -2.44. The first kappa shape index (κ1) is 27.6. The lowest BCUT2D eigenvalue weighted by molar-refractivity contribution is -0.201. The van der Waals surface area contributed by atoms with E-state index in [1.807, 2.05) is 43.3 Å². The molecule has 0 radical (unpaired) electrons. The average molecular weight is 513 g/mol. The van der Waals surface area contributed by atoms with Crippen molar-refractivity contribution in [2.45, 2.75) is 71.3 Å². The molecule has 0 aliphatic carbocycles. The molecule has 3 rings (SSSR count). The van der Waals surface area contributed by atoms with Gasteiger partial charge in [0.1, 0.15) is 6.10 Å². The molecule has 0 N–H and O–H groups in total. The predicted molar refractivity (Wildman–Crippen MR) is 138 cm³/mol. The van der Waals surface area contributed by atoms with Gasteiger partial charge in [-0.15, -0.1) is 0 Å². The summed E-state index contributed by atoms with van der Waals surface area (Å²) in [4.78, 5) is 35.9. The third kappa shape index (κ3) is 6.05. The molecule has 0 saturated carbocycles. The van der Waals surface area contributed by atoms with Gasteiger partial charge in [-0.3, -0.25) is 9.59 Å². The Hall–Kier alpha value is -2.97. The zero-order valence-corrected chi connectivity index (χ0v) is 22.9. The number of carbonyl (C=O) groups is 3. The summed E-state index contributed by atoms with van der Waals surface area (Å²) in [5.74, 6) is -2.12. The van der Waals surface area contributed by atoms with E-state index in [0.29, 0.717) is 6.61 Å². The summed E-state index contributed by atoms with van der Waals surface area (Å²) in [7, 11) is -2.77. The van der Waals surface area contributed by atoms with Crippen LogP contribution in [-0.4, -0.2) is 51.1 Å². The van der Waals surface area contributed by atoms with Crippen molar-refractivity contribution in [1.29, 1.82) is 0 Å². The van der Waals surface area contributed by atoms with Gasteiger partial charge in [-0.1, -0.05) is 88.4 Å². The molecule has 1 fully saturated rings. The van der Waals surface area contributed by atoms with Crippen LogP contribution < -0.4 is 10.4 Å². The monoisotopic (exact) mass is 512 g/mol. The van der Waals surface area contributed by atoms with Crippen LogP contribution in [0.1, 0.15) is 48.0 Å². The van der Waals surface area contributed by atoms with Crippen molar-refractivity contribution in [3.8, 4) is 0 Å². The van der Waals surface area contributed by atoms with E-state index in [1.165, 1.54) is 13.8 Å². The number of hydrogen-bond acceptors (Lipinski definition) is 7. The van der Waals surface area contributed by atoms with Crippen LogP contribution in [-0.2, 0) is 33.0 Å². The Labute approximate surface area is 214 Å². The molecular formula is C28H36O7Si. The molecule has 0 aromatic heterocycles. The van der Waals surface area contributed by atoms with E-state index >= 15 is 0 Å². The van der Waals surface area contributed by atoms with Gasteiger partial charge in [0.2, 0.25) is 6.10 Å². The van der Waals surface area contributed by atoms with Gasteiger partial charge < -0.3 is 18.6 Å². The van der Waals surface area contributed by atoms with Crippen LogP contribution in [0.2, 0.25) is 5.04 Å². The maximum Gasteiger partial charge on any atom is 0.351 e. The van der Waals surface area contributed by atoms with Crippen molar-refractivity contribution in [3.05, 3.63) is 60.7 Å². The van der Waals surface area contributed by atoms with E-state index < -0.39 is 44.5 Å². The highest BCUT2D eigenvalue weighted by atomic mass is 28.4. The number of carbonyl (C=O) groups excluding carboxylic acids is 3. The van der Waals surface area contributed by atoms with Gasteiger partial charge in [-0.25, -0.2) is 4.79 Å². The highest BCUT2D eigenvalue weighted by molar-refractivity contribution is 6.99. The van der Waals surface area contributed by atoms with Gasteiger partial charge >= 0.3 is 17.9 Å². The third-order valence-corrected chi connectivity index (χ3v) is 11.5. The molecular weight excluding hydrogens is 476 g/mol. The fourth-order valence-electron chi connectivity index (χ4n) is 4.87. The molecule has 194 valence electrons. The molecule has 0 bridgehead atoms. The van der Waals surface area contributed by atoms with Crippen LogP contribution >= 0.6 is 0 Å². The van der Waals surface area contributed by atoms with Crippen molar-refractivity contribution >= 4 is 36.6 Å². The van der Waals surface area contributed by atoms with Crippen molar-refractivity contribution < 1.29 is 33.0 Å². The minimum Gasteiger partial charge on any atom is -0.459 e. The topological polar surface area (TPSA) is 88.1 Å². The Morgan fingerprint density at radius 2 is 1.44 bits per heavy atom. The number of hydrogen-bond donors (Lipinski definition) is 0. The van der Waals surface area contributed by atoms with Crippen LogP contribution in [0.3, 0.4) is 0 Å². The number of ether oxygens (including phenoxy) is 3. The summed E-state index contributed by atoms with van der Waals surface area (Å²) < 4.78 is 23.1. The summed E-state index contributed by atoms with van der Waals surface area (Å²) in [6, 6.07) is 20.6. The number of cyclic esters (lactones) is 1. The van der Waals surface area contributed by atoms with Crippen molar-refractivity contribution in [3.63, 3.8) is 0 Å². The van der Waals surface area contributed by atoms with Gasteiger partial charge in [0.15, 0.2) is 6.10 Å². The van der Waals surface area contributed by atoms with Crippen LogP contribution in [0.25, 0.3) is 0 Å². The molecule has 2 aromatic rings. The Morgan fingerprint density at radius 3 is 1.89 bits per heavy atom. The van der Waals surface area contributed by atoms with E-state index in [2.05, 4.69) is 45.0 Å². The summed E-state index contributed by atoms with van der Waals surface area (Å²) in [6.45, 7) is 11.3. The van der Waals surface area contributed by atoms with E-state index in [9.17, 15) is 14.4 Å². The second kappa shape index (κ2) is 11.4. The summed E-state index contributed by atoms with van der Waals surface area (Å²) in [5.41, 5.74) is 0. The van der Waals surface area contributed by atoms with Gasteiger partial charge in [0, 0.05) is 32.8 Å². The zero-order valence-electron chi connectivity index (χ0n) is 21.9. The van der Waals surface area contributed by atoms with Crippen LogP contribution in [0, 0.1) is 5.92 Å². The Bertz CT molecular complexity index is 1010. The van der Waals surface area contributed by atoms with Gasteiger partial charge in [-0.2, -0.15) is 0 Å². The second-order valence-electron chi connectivity index (χ2n) is 10.3. The second-order valence-corrected chi connectivity index (χ2v) is 14.6. The molecule has 1 heterocycles. The smallest absolute Gasteiger partial charge is 0.351 e. The summed E-state index contributed by atoms with van der Waals surface area (Å²) in [6.07, 6.45) is -2.53. The molecule has 0 amide bonds. The first-order valence-corrected chi connectivity index (χ1v) is 14.2. The molecule has 7 nitrogen and oxygen atoms in total.